The molecule has 0 amide bonds. The number of aromatic nitrogens is 3. The number of benzene rings is 6. The number of para-hydroxylation sites is 2. The summed E-state index contributed by atoms with van der Waals surface area (Å²) in [6, 6.07) is 51.3. The Morgan fingerprint density at radius 2 is 1.09 bits per heavy atom. The van der Waals surface area contributed by atoms with E-state index in [9.17, 15) is 5.11 Å². The van der Waals surface area contributed by atoms with E-state index >= 15 is 0 Å². The fourth-order valence-electron chi connectivity index (χ4n) is 7.76. The van der Waals surface area contributed by atoms with Crippen LogP contribution in [0.5, 0.6) is 5.75 Å². The van der Waals surface area contributed by atoms with Crippen LogP contribution in [-0.4, -0.2) is 19.6 Å². The highest BCUT2D eigenvalue weighted by Gasteiger charge is 2.25. The number of pyridine rings is 1. The van der Waals surface area contributed by atoms with Crippen LogP contribution >= 0.6 is 0 Å². The molecule has 0 atom stereocenters. The molecule has 0 radical (unpaired) electrons. The number of phenolic OH excluding ortho intramolecular Hbond substituents is 1. The van der Waals surface area contributed by atoms with Crippen molar-refractivity contribution in [1.82, 2.24) is 14.5 Å². The lowest BCUT2D eigenvalue weighted by Gasteiger charge is -2.24. The van der Waals surface area contributed by atoms with E-state index in [0.717, 1.165) is 61.4 Å². The molecule has 4 heteroatoms. The Labute approximate surface area is 343 Å². The first-order valence-corrected chi connectivity index (χ1v) is 20.3. The Balaban J connectivity index is 1.39. The highest BCUT2D eigenvalue weighted by atomic mass is 16.3. The first-order chi connectivity index (χ1) is 27.6. The molecule has 0 unspecified atom stereocenters. The third-order valence-corrected chi connectivity index (χ3v) is 11.3. The zero-order chi connectivity index (χ0) is 41.0. The molecule has 8 rings (SSSR count). The average molecular weight is 760 g/mol. The van der Waals surface area contributed by atoms with Crippen molar-refractivity contribution in [3.8, 4) is 67.5 Å². The average Bonchev–Trinajstić information content (AvgIpc) is 3.59. The molecule has 1 N–H and O–H groups in total. The number of hydrogen-bond acceptors (Lipinski definition) is 3. The van der Waals surface area contributed by atoms with E-state index in [-0.39, 0.29) is 22.0 Å². The summed E-state index contributed by atoms with van der Waals surface area (Å²) in [5, 5.41) is 11.4. The molecule has 0 spiro atoms. The molecule has 0 fully saturated rings. The van der Waals surface area contributed by atoms with Gasteiger partial charge in [0.05, 0.1) is 28.0 Å². The summed E-state index contributed by atoms with van der Waals surface area (Å²) in [6.45, 7) is 20.3. The van der Waals surface area contributed by atoms with Gasteiger partial charge < -0.3 is 5.11 Å². The Morgan fingerprint density at radius 1 is 0.448 bits per heavy atom. The van der Waals surface area contributed by atoms with E-state index in [1.54, 1.807) is 6.07 Å². The van der Waals surface area contributed by atoms with Crippen molar-refractivity contribution in [3.63, 3.8) is 0 Å². The maximum atomic E-state index is 11.4. The second-order valence-corrected chi connectivity index (χ2v) is 18.6. The summed E-state index contributed by atoms with van der Waals surface area (Å²) in [5.41, 5.74) is 15.7. The van der Waals surface area contributed by atoms with Gasteiger partial charge in [0, 0.05) is 22.9 Å². The van der Waals surface area contributed by atoms with Gasteiger partial charge in [-0.1, -0.05) is 153 Å². The van der Waals surface area contributed by atoms with E-state index in [1.807, 2.05) is 30.5 Å². The zero-order valence-electron chi connectivity index (χ0n) is 35.2. The Kier molecular flexibility index (Phi) is 9.72. The lowest BCUT2D eigenvalue weighted by Crippen LogP contribution is -2.12. The summed E-state index contributed by atoms with van der Waals surface area (Å²) < 4.78 is 2.24. The molecule has 58 heavy (non-hydrogen) atoms. The van der Waals surface area contributed by atoms with Crippen molar-refractivity contribution >= 4 is 11.0 Å². The van der Waals surface area contributed by atoms with Gasteiger partial charge in [-0.25, -0.2) is 4.98 Å². The summed E-state index contributed by atoms with van der Waals surface area (Å²) >= 11 is 0. The molecule has 0 aliphatic rings. The van der Waals surface area contributed by atoms with Crippen LogP contribution in [-0.2, 0) is 16.2 Å². The van der Waals surface area contributed by atoms with E-state index < -0.39 is 0 Å². The number of aromatic hydroxyl groups is 1. The summed E-state index contributed by atoms with van der Waals surface area (Å²) in [6.07, 6.45) is 1.90. The molecule has 0 aliphatic heterocycles. The first-order valence-electron chi connectivity index (χ1n) is 20.3. The van der Waals surface area contributed by atoms with Crippen molar-refractivity contribution in [3.05, 3.63) is 168 Å². The quantitative estimate of drug-likeness (QED) is 0.184. The van der Waals surface area contributed by atoms with Gasteiger partial charge in [0.25, 0.3) is 0 Å². The number of phenols is 1. The lowest BCUT2D eigenvalue weighted by molar-refractivity contribution is 0.477. The van der Waals surface area contributed by atoms with Crippen molar-refractivity contribution in [2.24, 2.45) is 0 Å². The zero-order valence-corrected chi connectivity index (χ0v) is 35.2. The highest BCUT2D eigenvalue weighted by Crippen LogP contribution is 2.43. The molecular weight excluding hydrogens is 707 g/mol. The van der Waals surface area contributed by atoms with Gasteiger partial charge in [-0.2, -0.15) is 0 Å². The van der Waals surface area contributed by atoms with Gasteiger partial charge >= 0.3 is 0 Å². The monoisotopic (exact) mass is 759 g/mol. The van der Waals surface area contributed by atoms with Crippen LogP contribution < -0.4 is 0 Å². The number of hydrogen-bond donors (Lipinski definition) is 1. The van der Waals surface area contributed by atoms with Crippen LogP contribution in [0.4, 0.5) is 0 Å². The third-order valence-electron chi connectivity index (χ3n) is 11.3. The van der Waals surface area contributed by atoms with Crippen molar-refractivity contribution in [2.45, 2.75) is 78.6 Å². The van der Waals surface area contributed by atoms with Gasteiger partial charge in [0.15, 0.2) is 0 Å². The van der Waals surface area contributed by atoms with E-state index in [1.165, 1.54) is 16.7 Å². The van der Waals surface area contributed by atoms with Crippen LogP contribution in [0.3, 0.4) is 0 Å². The van der Waals surface area contributed by atoms with E-state index in [4.69, 9.17) is 9.97 Å². The second kappa shape index (κ2) is 14.6. The SMILES string of the molecule is CC(C)(C)c1ccc(-c2cc(C(C)(C)C)ccc2-n2c(-c3ccccc3O)nc3c(-c4cc(-c5cc(-c6ccccc6)ccn5)cc(C(C)(C)C)c4)cccc32)cc1. The first kappa shape index (κ1) is 38.6. The van der Waals surface area contributed by atoms with Gasteiger partial charge in [0.2, 0.25) is 0 Å². The summed E-state index contributed by atoms with van der Waals surface area (Å²) in [5.74, 6) is 0.866. The maximum Gasteiger partial charge on any atom is 0.149 e. The van der Waals surface area contributed by atoms with Gasteiger partial charge in [0.1, 0.15) is 11.6 Å². The van der Waals surface area contributed by atoms with E-state index in [2.05, 4.69) is 182 Å². The van der Waals surface area contributed by atoms with Crippen LogP contribution in [0.1, 0.15) is 79.0 Å². The molecular formula is C54H53N3O. The topological polar surface area (TPSA) is 50.9 Å². The highest BCUT2D eigenvalue weighted by molar-refractivity contribution is 5.97. The Morgan fingerprint density at radius 3 is 1.78 bits per heavy atom. The normalized spacial score (nSPS) is 12.3. The molecule has 0 saturated carbocycles. The van der Waals surface area contributed by atoms with Gasteiger partial charge in [-0.3, -0.25) is 9.55 Å². The fraction of sp³-hybridized carbons (Fsp3) is 0.222. The molecule has 2 heterocycles. The molecule has 4 nitrogen and oxygen atoms in total. The van der Waals surface area contributed by atoms with Crippen molar-refractivity contribution < 1.29 is 5.11 Å². The van der Waals surface area contributed by atoms with E-state index in [0.29, 0.717) is 11.4 Å². The van der Waals surface area contributed by atoms with Crippen molar-refractivity contribution in [1.29, 1.82) is 0 Å². The second-order valence-electron chi connectivity index (χ2n) is 18.6. The number of imidazole rings is 1. The molecule has 0 saturated heterocycles. The standard InChI is InChI=1S/C54H53N3O/c1-52(2,3)40-24-22-36(23-25-40)45-34-41(53(4,5)6)26-27-47(45)57-48-20-15-19-43(50(48)56-51(57)44-18-13-14-21-49(44)58)38-30-39(32-42(31-38)54(7,8)9)46-33-37(28-29-55-46)35-16-11-10-12-17-35/h10-34,58H,1-9H3. The number of nitrogens with zero attached hydrogens (tertiary/aromatic N) is 3. The number of fused-ring (bicyclic) bond motifs is 1. The number of rotatable bonds is 6. The molecule has 2 aromatic heterocycles. The molecule has 0 bridgehead atoms. The van der Waals surface area contributed by atoms with Crippen LogP contribution in [0, 0.1) is 0 Å². The Hall–Kier alpha value is -6.26. The largest absolute Gasteiger partial charge is 0.507 e. The summed E-state index contributed by atoms with van der Waals surface area (Å²) in [4.78, 5) is 10.4. The van der Waals surface area contributed by atoms with Crippen LogP contribution in [0.15, 0.2) is 152 Å². The van der Waals surface area contributed by atoms with Gasteiger partial charge in [-0.05, 0) is 110 Å². The fourth-order valence-corrected chi connectivity index (χ4v) is 7.76. The van der Waals surface area contributed by atoms with Crippen molar-refractivity contribution in [2.75, 3.05) is 0 Å². The lowest BCUT2D eigenvalue weighted by atomic mass is 9.83. The third kappa shape index (κ3) is 7.47. The minimum absolute atomic E-state index is 0.0362. The van der Waals surface area contributed by atoms with Crippen LogP contribution in [0.25, 0.3) is 72.7 Å². The minimum Gasteiger partial charge on any atom is -0.507 e. The predicted molar refractivity (Wildman–Crippen MR) is 244 cm³/mol. The van der Waals surface area contributed by atoms with Crippen LogP contribution in [0.2, 0.25) is 0 Å². The summed E-state index contributed by atoms with van der Waals surface area (Å²) in [7, 11) is 0. The maximum absolute atomic E-state index is 11.4. The minimum atomic E-state index is -0.123. The molecule has 8 aromatic rings. The van der Waals surface area contributed by atoms with Gasteiger partial charge in [-0.15, -0.1) is 0 Å². The predicted octanol–water partition coefficient (Wildman–Crippen LogP) is 14.4. The Bertz CT molecular complexity index is 2770. The molecule has 6 aromatic carbocycles. The smallest absolute Gasteiger partial charge is 0.149 e. The molecule has 290 valence electrons. The molecule has 0 aliphatic carbocycles.